The number of hydrogen-bond donors (Lipinski definition) is 3. The van der Waals surface area contributed by atoms with E-state index in [1.54, 1.807) is 0 Å². The van der Waals surface area contributed by atoms with Crippen molar-refractivity contribution < 1.29 is 23.1 Å². The number of nitrogen functional groups attached to an aromatic ring is 1. The summed E-state index contributed by atoms with van der Waals surface area (Å²) in [5, 5.41) is 11.3. The van der Waals surface area contributed by atoms with Gasteiger partial charge in [-0.25, -0.2) is 22.9 Å². The van der Waals surface area contributed by atoms with Crippen LogP contribution in [0, 0.1) is 17.5 Å². The fraction of sp³-hybridized carbons (Fsp3) is 0.0625. The number of nitrogens with two attached hydrogens (primary N) is 1. The zero-order chi connectivity index (χ0) is 19.2. The number of carboxylic acid groups (broad SMARTS) is 1. The van der Waals surface area contributed by atoms with Gasteiger partial charge in [0.2, 0.25) is 5.43 Å². The Kier molecular flexibility index (Phi) is 4.03. The molecule has 0 atom stereocenters. The predicted octanol–water partition coefficient (Wildman–Crippen LogP) is 2.13. The maximum Gasteiger partial charge on any atom is 0.341 e. The van der Waals surface area contributed by atoms with Gasteiger partial charge in [0.15, 0.2) is 17.3 Å². The van der Waals surface area contributed by atoms with Gasteiger partial charge < -0.3 is 16.2 Å². The summed E-state index contributed by atoms with van der Waals surface area (Å²) in [5.74, 6) is -4.83. The van der Waals surface area contributed by atoms with Crippen LogP contribution >= 0.6 is 0 Å². The number of aromatic carboxylic acids is 1. The summed E-state index contributed by atoms with van der Waals surface area (Å²) < 4.78 is 42.6. The summed E-state index contributed by atoms with van der Waals surface area (Å²) in [6.07, 6.45) is 0.826. The molecule has 10 heteroatoms. The number of carbonyl (C=O) groups is 1. The second kappa shape index (κ2) is 6.06. The number of anilines is 2. The molecule has 0 spiro atoms. The molecule has 1 aromatic carbocycles. The number of fused-ring (bicyclic) bond motifs is 1. The quantitative estimate of drug-likeness (QED) is 0.614. The third-order valence-electron chi connectivity index (χ3n) is 3.72. The number of nitrogens with one attached hydrogen (secondary N) is 1. The molecule has 0 saturated carbocycles. The molecule has 0 aliphatic carbocycles. The van der Waals surface area contributed by atoms with Crippen molar-refractivity contribution in [3.8, 4) is 5.69 Å². The number of aromatic nitrogens is 2. The average molecular weight is 364 g/mol. The molecule has 0 aliphatic rings. The fourth-order valence-electron chi connectivity index (χ4n) is 2.47. The maximum atomic E-state index is 14.3. The van der Waals surface area contributed by atoms with E-state index in [2.05, 4.69) is 10.3 Å². The minimum Gasteiger partial charge on any atom is -0.477 e. The molecule has 0 amide bonds. The van der Waals surface area contributed by atoms with Crippen molar-refractivity contribution in [2.24, 2.45) is 0 Å². The summed E-state index contributed by atoms with van der Waals surface area (Å²) in [4.78, 5) is 27.6. The molecule has 2 aromatic heterocycles. The van der Waals surface area contributed by atoms with E-state index in [4.69, 9.17) is 5.73 Å². The third-order valence-corrected chi connectivity index (χ3v) is 3.72. The zero-order valence-electron chi connectivity index (χ0n) is 13.2. The molecule has 0 radical (unpaired) electrons. The highest BCUT2D eigenvalue weighted by Crippen LogP contribution is 2.25. The normalized spacial score (nSPS) is 10.9. The van der Waals surface area contributed by atoms with E-state index in [-0.39, 0.29) is 22.5 Å². The standard InChI is InChI=1S/C16H11F3N4O3/c1-21-14-10(19)2-6-13(24)7(16(25)26)5-23(15(6)22-14)12-4-11(20)8(17)3-9(12)18/h2-5H,20H2,1H3,(H,21,22)(H,25,26). The lowest BCUT2D eigenvalue weighted by Gasteiger charge is -2.14. The monoisotopic (exact) mass is 364 g/mol. The van der Waals surface area contributed by atoms with Gasteiger partial charge in [-0.2, -0.15) is 0 Å². The Morgan fingerprint density at radius 3 is 2.50 bits per heavy atom. The molecular formula is C16H11F3N4O3. The van der Waals surface area contributed by atoms with Crippen molar-refractivity contribution in [3.63, 3.8) is 0 Å². The number of carboxylic acids is 1. The van der Waals surface area contributed by atoms with E-state index in [1.807, 2.05) is 0 Å². The second-order valence-electron chi connectivity index (χ2n) is 5.31. The van der Waals surface area contributed by atoms with E-state index < -0.39 is 40.1 Å². The summed E-state index contributed by atoms with van der Waals surface area (Å²) in [5.41, 5.74) is 2.75. The van der Waals surface area contributed by atoms with Crippen molar-refractivity contribution in [2.45, 2.75) is 0 Å². The van der Waals surface area contributed by atoms with Gasteiger partial charge in [-0.3, -0.25) is 9.36 Å². The van der Waals surface area contributed by atoms with Crippen molar-refractivity contribution in [1.82, 2.24) is 9.55 Å². The second-order valence-corrected chi connectivity index (χ2v) is 5.31. The van der Waals surface area contributed by atoms with Gasteiger partial charge in [0.1, 0.15) is 17.2 Å². The van der Waals surface area contributed by atoms with E-state index in [9.17, 15) is 27.9 Å². The molecule has 3 rings (SSSR count). The first kappa shape index (κ1) is 17.3. The van der Waals surface area contributed by atoms with Crippen LogP contribution in [0.4, 0.5) is 24.7 Å². The SMILES string of the molecule is CNc1nc2c(cc1F)c(=O)c(C(=O)O)cn2-c1cc(N)c(F)cc1F. The topological polar surface area (TPSA) is 110 Å². The van der Waals surface area contributed by atoms with Crippen LogP contribution in [0.2, 0.25) is 0 Å². The van der Waals surface area contributed by atoms with Crippen LogP contribution in [0.1, 0.15) is 10.4 Å². The first-order chi connectivity index (χ1) is 12.2. The van der Waals surface area contributed by atoms with Crippen molar-refractivity contribution >= 4 is 28.5 Å². The zero-order valence-corrected chi connectivity index (χ0v) is 13.2. The van der Waals surface area contributed by atoms with Crippen molar-refractivity contribution in [1.29, 1.82) is 0 Å². The lowest BCUT2D eigenvalue weighted by molar-refractivity contribution is 0.0695. The highest BCUT2D eigenvalue weighted by molar-refractivity contribution is 5.92. The van der Waals surface area contributed by atoms with Crippen molar-refractivity contribution in [3.05, 3.63) is 57.6 Å². The first-order valence-corrected chi connectivity index (χ1v) is 7.16. The fourth-order valence-corrected chi connectivity index (χ4v) is 2.47. The predicted molar refractivity (Wildman–Crippen MR) is 88.1 cm³/mol. The van der Waals surface area contributed by atoms with Crippen LogP contribution in [0.3, 0.4) is 0 Å². The lowest BCUT2D eigenvalue weighted by atomic mass is 10.1. The summed E-state index contributed by atoms with van der Waals surface area (Å²) in [6.45, 7) is 0. The van der Waals surface area contributed by atoms with E-state index >= 15 is 0 Å². The first-order valence-electron chi connectivity index (χ1n) is 7.16. The molecular weight excluding hydrogens is 353 g/mol. The Morgan fingerprint density at radius 2 is 1.88 bits per heavy atom. The molecule has 4 N–H and O–H groups in total. The Bertz CT molecular complexity index is 1130. The average Bonchev–Trinajstić information content (AvgIpc) is 2.58. The number of halogens is 3. The summed E-state index contributed by atoms with van der Waals surface area (Å²) in [6, 6.07) is 2.23. The summed E-state index contributed by atoms with van der Waals surface area (Å²) in [7, 11) is 1.38. The molecule has 26 heavy (non-hydrogen) atoms. The van der Waals surface area contributed by atoms with Gasteiger partial charge in [-0.1, -0.05) is 0 Å². The molecule has 0 bridgehead atoms. The van der Waals surface area contributed by atoms with Gasteiger partial charge in [-0.15, -0.1) is 0 Å². The van der Waals surface area contributed by atoms with E-state index in [0.29, 0.717) is 6.07 Å². The van der Waals surface area contributed by atoms with Crippen LogP contribution in [0.25, 0.3) is 16.7 Å². The van der Waals surface area contributed by atoms with E-state index in [0.717, 1.165) is 22.9 Å². The Labute approximate surface area is 143 Å². The number of rotatable bonds is 3. The van der Waals surface area contributed by atoms with Gasteiger partial charge in [0.05, 0.1) is 16.8 Å². The summed E-state index contributed by atoms with van der Waals surface area (Å²) >= 11 is 0. The number of pyridine rings is 2. The maximum absolute atomic E-state index is 14.3. The van der Waals surface area contributed by atoms with E-state index in [1.165, 1.54) is 7.05 Å². The van der Waals surface area contributed by atoms with Crippen LogP contribution < -0.4 is 16.5 Å². The largest absolute Gasteiger partial charge is 0.477 e. The highest BCUT2D eigenvalue weighted by Gasteiger charge is 2.20. The molecule has 0 aliphatic heterocycles. The van der Waals surface area contributed by atoms with Gasteiger partial charge in [0.25, 0.3) is 0 Å². The molecule has 7 nitrogen and oxygen atoms in total. The molecule has 134 valence electrons. The van der Waals surface area contributed by atoms with Crippen LogP contribution in [0.15, 0.2) is 29.2 Å². The van der Waals surface area contributed by atoms with Crippen LogP contribution in [-0.2, 0) is 0 Å². The number of nitrogens with zero attached hydrogens (tertiary/aromatic N) is 2. The minimum absolute atomic E-state index is 0.226. The molecule has 3 aromatic rings. The van der Waals surface area contributed by atoms with Gasteiger partial charge in [0, 0.05) is 19.3 Å². The molecule has 0 fully saturated rings. The molecule has 0 unspecified atom stereocenters. The Morgan fingerprint density at radius 1 is 1.19 bits per heavy atom. The smallest absolute Gasteiger partial charge is 0.341 e. The number of benzene rings is 1. The van der Waals surface area contributed by atoms with Gasteiger partial charge >= 0.3 is 5.97 Å². The third kappa shape index (κ3) is 2.61. The minimum atomic E-state index is -1.60. The number of hydrogen-bond acceptors (Lipinski definition) is 5. The van der Waals surface area contributed by atoms with Crippen LogP contribution in [0.5, 0.6) is 0 Å². The highest BCUT2D eigenvalue weighted by atomic mass is 19.1. The van der Waals surface area contributed by atoms with Gasteiger partial charge in [-0.05, 0) is 12.1 Å². The van der Waals surface area contributed by atoms with Crippen LogP contribution in [-0.4, -0.2) is 27.7 Å². The Hall–Kier alpha value is -3.56. The molecule has 0 saturated heterocycles. The van der Waals surface area contributed by atoms with Crippen molar-refractivity contribution in [2.75, 3.05) is 18.1 Å². The molecule has 2 heterocycles. The lowest BCUT2D eigenvalue weighted by Crippen LogP contribution is -2.20. The Balaban J connectivity index is 2.52.